The number of pyridine rings is 1. The van der Waals surface area contributed by atoms with Crippen LogP contribution in [0.4, 0.5) is 0 Å². The molecule has 0 bridgehead atoms. The van der Waals surface area contributed by atoms with E-state index < -0.39 is 43.8 Å². The molecule has 28 heavy (non-hydrogen) atoms. The van der Waals surface area contributed by atoms with Gasteiger partial charge in [-0.1, -0.05) is 0 Å². The first kappa shape index (κ1) is 20.0. The van der Waals surface area contributed by atoms with Crippen molar-refractivity contribution in [2.45, 2.75) is 30.0 Å². The second kappa shape index (κ2) is 6.67. The number of carboxylic acids is 1. The number of aromatic nitrogens is 1. The number of nitrogens with two attached hydrogens (primary N) is 1. The SMILES string of the molecule is CC1(C)[C@H](C(=O)O)N2C(=O)C(=Cc3ncccc3C(=O)NCCN)[C@H]2S1(=O)=O. The summed E-state index contributed by atoms with van der Waals surface area (Å²) in [4.78, 5) is 41.4. The molecule has 0 saturated carbocycles. The average Bonchev–Trinajstić information content (AvgIpc) is 2.78. The zero-order valence-electron chi connectivity index (χ0n) is 15.2. The Morgan fingerprint density at radius 1 is 1.43 bits per heavy atom. The summed E-state index contributed by atoms with van der Waals surface area (Å²) >= 11 is 0. The lowest BCUT2D eigenvalue weighted by Gasteiger charge is -2.37. The van der Waals surface area contributed by atoms with E-state index in [9.17, 15) is 27.9 Å². The van der Waals surface area contributed by atoms with Crippen molar-refractivity contribution in [3.05, 3.63) is 35.2 Å². The Balaban J connectivity index is 2.04. The summed E-state index contributed by atoms with van der Waals surface area (Å²) in [5.41, 5.74) is 5.53. The summed E-state index contributed by atoms with van der Waals surface area (Å²) in [6.45, 7) is 3.05. The fourth-order valence-corrected chi connectivity index (χ4v) is 5.62. The van der Waals surface area contributed by atoms with Crippen LogP contribution in [0.1, 0.15) is 29.9 Å². The Kier molecular flexibility index (Phi) is 4.76. The number of hydrogen-bond donors (Lipinski definition) is 3. The highest BCUT2D eigenvalue weighted by Gasteiger charge is 2.70. The quantitative estimate of drug-likeness (QED) is 0.412. The van der Waals surface area contributed by atoms with E-state index in [0.29, 0.717) is 0 Å². The van der Waals surface area contributed by atoms with Gasteiger partial charge in [-0.2, -0.15) is 0 Å². The molecule has 11 heteroatoms. The molecule has 2 amide bonds. The van der Waals surface area contributed by atoms with E-state index in [1.807, 2.05) is 0 Å². The molecule has 0 aliphatic carbocycles. The van der Waals surface area contributed by atoms with Crippen LogP contribution in [0.15, 0.2) is 23.9 Å². The zero-order chi connectivity index (χ0) is 20.9. The van der Waals surface area contributed by atoms with Crippen LogP contribution in [-0.4, -0.2) is 70.4 Å². The normalized spacial score (nSPS) is 25.9. The molecule has 3 rings (SSSR count). The first-order chi connectivity index (χ1) is 13.1. The summed E-state index contributed by atoms with van der Waals surface area (Å²) in [5, 5.41) is 10.6. The maximum atomic E-state index is 12.9. The lowest BCUT2D eigenvalue weighted by atomic mass is 9.95. The number of sulfone groups is 1. The van der Waals surface area contributed by atoms with Crippen LogP contribution >= 0.6 is 0 Å². The van der Waals surface area contributed by atoms with Gasteiger partial charge in [0, 0.05) is 19.3 Å². The maximum absolute atomic E-state index is 12.9. The van der Waals surface area contributed by atoms with Crippen molar-refractivity contribution in [2.24, 2.45) is 5.73 Å². The van der Waals surface area contributed by atoms with Crippen molar-refractivity contribution in [3.8, 4) is 0 Å². The van der Waals surface area contributed by atoms with Gasteiger partial charge in [-0.05, 0) is 32.1 Å². The standard InChI is InChI=1S/C17H20N4O6S/c1-17(2)12(16(24)25)21-14(23)10(15(21)28(17,26)27)8-11-9(4-3-6-19-11)13(22)20-7-5-18/h3-4,6,8,12,15H,5,7,18H2,1-2H3,(H,20,22)(H,24,25)/t12-,15+/m0/s1. The number of amides is 2. The largest absolute Gasteiger partial charge is 0.480 e. The van der Waals surface area contributed by atoms with Crippen LogP contribution in [0, 0.1) is 0 Å². The Bertz CT molecular complexity index is 1000. The minimum Gasteiger partial charge on any atom is -0.480 e. The Hall–Kier alpha value is -2.79. The lowest BCUT2D eigenvalue weighted by Crippen LogP contribution is -2.58. The number of carbonyl (C=O) groups excluding carboxylic acids is 2. The van der Waals surface area contributed by atoms with E-state index in [2.05, 4.69) is 10.3 Å². The third-order valence-corrected chi connectivity index (χ3v) is 7.76. The average molecular weight is 408 g/mol. The summed E-state index contributed by atoms with van der Waals surface area (Å²) in [6.07, 6.45) is 2.64. The highest BCUT2D eigenvalue weighted by atomic mass is 32.2. The molecule has 2 atom stereocenters. The number of carboxylic acid groups (broad SMARTS) is 1. The monoisotopic (exact) mass is 408 g/mol. The van der Waals surface area contributed by atoms with Gasteiger partial charge in [0.15, 0.2) is 21.3 Å². The van der Waals surface area contributed by atoms with Crippen molar-refractivity contribution >= 4 is 33.7 Å². The van der Waals surface area contributed by atoms with Gasteiger partial charge in [0.05, 0.1) is 16.8 Å². The molecule has 2 aliphatic heterocycles. The fourth-order valence-electron chi connectivity index (χ4n) is 3.49. The maximum Gasteiger partial charge on any atom is 0.328 e. The molecule has 150 valence electrons. The Morgan fingerprint density at radius 2 is 2.11 bits per heavy atom. The van der Waals surface area contributed by atoms with Gasteiger partial charge in [-0.15, -0.1) is 0 Å². The van der Waals surface area contributed by atoms with Gasteiger partial charge < -0.3 is 21.1 Å². The third kappa shape index (κ3) is 2.69. The number of carbonyl (C=O) groups is 3. The van der Waals surface area contributed by atoms with Crippen LogP contribution in [0.25, 0.3) is 6.08 Å². The topological polar surface area (TPSA) is 160 Å². The second-order valence-corrected chi connectivity index (χ2v) is 9.62. The van der Waals surface area contributed by atoms with Crippen molar-refractivity contribution in [3.63, 3.8) is 0 Å². The number of aliphatic carboxylic acids is 1. The van der Waals surface area contributed by atoms with E-state index in [1.54, 1.807) is 0 Å². The van der Waals surface area contributed by atoms with E-state index in [0.717, 1.165) is 4.90 Å². The second-order valence-electron chi connectivity index (χ2n) is 7.03. The first-order valence-electron chi connectivity index (χ1n) is 8.49. The number of β-lactam (4-membered cyclic amide) rings is 1. The van der Waals surface area contributed by atoms with E-state index in [-0.39, 0.29) is 29.9 Å². The van der Waals surface area contributed by atoms with Gasteiger partial charge in [-0.3, -0.25) is 14.6 Å². The molecule has 4 N–H and O–H groups in total. The molecule has 0 spiro atoms. The van der Waals surface area contributed by atoms with Gasteiger partial charge in [0.25, 0.3) is 11.8 Å². The van der Waals surface area contributed by atoms with Crippen molar-refractivity contribution in [2.75, 3.05) is 13.1 Å². The molecule has 0 aromatic carbocycles. The summed E-state index contributed by atoms with van der Waals surface area (Å²) in [7, 11) is -4.00. The van der Waals surface area contributed by atoms with Gasteiger partial charge in [0.2, 0.25) is 0 Å². The molecular weight excluding hydrogens is 388 g/mol. The van der Waals surface area contributed by atoms with Crippen molar-refractivity contribution < 1.29 is 27.9 Å². The van der Waals surface area contributed by atoms with Gasteiger partial charge >= 0.3 is 5.97 Å². The Morgan fingerprint density at radius 3 is 2.71 bits per heavy atom. The number of fused-ring (bicyclic) bond motifs is 1. The number of nitrogens with one attached hydrogen (secondary N) is 1. The van der Waals surface area contributed by atoms with Crippen LogP contribution in [-0.2, 0) is 19.4 Å². The molecule has 0 unspecified atom stereocenters. The van der Waals surface area contributed by atoms with Crippen LogP contribution in [0.2, 0.25) is 0 Å². The van der Waals surface area contributed by atoms with E-state index in [1.165, 1.54) is 38.3 Å². The number of rotatable bonds is 5. The molecule has 2 fully saturated rings. The van der Waals surface area contributed by atoms with Crippen molar-refractivity contribution in [1.82, 2.24) is 15.2 Å². The van der Waals surface area contributed by atoms with Crippen LogP contribution < -0.4 is 11.1 Å². The van der Waals surface area contributed by atoms with E-state index >= 15 is 0 Å². The predicted molar refractivity (Wildman–Crippen MR) is 98.7 cm³/mol. The van der Waals surface area contributed by atoms with Gasteiger partial charge in [-0.25, -0.2) is 13.2 Å². The summed E-state index contributed by atoms with van der Waals surface area (Å²) in [5.74, 6) is -2.55. The highest BCUT2D eigenvalue weighted by Crippen LogP contribution is 2.48. The van der Waals surface area contributed by atoms with E-state index in [4.69, 9.17) is 5.73 Å². The number of hydrogen-bond acceptors (Lipinski definition) is 7. The lowest BCUT2D eigenvalue weighted by molar-refractivity contribution is -0.152. The summed E-state index contributed by atoms with van der Waals surface area (Å²) in [6, 6.07) is 1.53. The first-order valence-corrected chi connectivity index (χ1v) is 10.0. The van der Waals surface area contributed by atoms with Crippen LogP contribution in [0.5, 0.6) is 0 Å². The fraction of sp³-hybridized carbons (Fsp3) is 0.412. The Labute approximate surface area is 161 Å². The highest BCUT2D eigenvalue weighted by molar-refractivity contribution is 7.94. The molecular formula is C17H20N4O6S. The predicted octanol–water partition coefficient (Wildman–Crippen LogP) is -1.02. The van der Waals surface area contributed by atoms with Gasteiger partial charge in [0.1, 0.15) is 4.75 Å². The van der Waals surface area contributed by atoms with Crippen molar-refractivity contribution in [1.29, 1.82) is 0 Å². The third-order valence-electron chi connectivity index (χ3n) is 5.00. The molecule has 0 radical (unpaired) electrons. The van der Waals surface area contributed by atoms with Crippen LogP contribution in [0.3, 0.4) is 0 Å². The minimum absolute atomic E-state index is 0.108. The zero-order valence-corrected chi connectivity index (χ0v) is 16.1. The molecule has 2 aliphatic rings. The summed E-state index contributed by atoms with van der Waals surface area (Å²) < 4.78 is 24.1. The molecule has 2 saturated heterocycles. The molecule has 10 nitrogen and oxygen atoms in total. The molecule has 1 aromatic heterocycles. The smallest absolute Gasteiger partial charge is 0.328 e. The number of nitrogens with zero attached hydrogens (tertiary/aromatic N) is 2. The molecule has 3 heterocycles. The molecule has 1 aromatic rings. The minimum atomic E-state index is -4.00.